The average Bonchev–Trinajstić information content (AvgIpc) is 2.59. The summed E-state index contributed by atoms with van der Waals surface area (Å²) in [6.45, 7) is 1.82. The van der Waals surface area contributed by atoms with Gasteiger partial charge in [-0.25, -0.2) is 13.6 Å². The fraction of sp³-hybridized carbons (Fsp3) is 0.278. The highest BCUT2D eigenvalue weighted by Gasteiger charge is 2.32. The molecular formula is C18H18F2N2O3. The van der Waals surface area contributed by atoms with E-state index < -0.39 is 29.6 Å². The van der Waals surface area contributed by atoms with Gasteiger partial charge in [-0.3, -0.25) is 9.78 Å². The SMILES string of the molecule is COC(=O)C(c1cc(F)ccc1F)N(C)C(=O)Cc1ccc(C)nc1. The Morgan fingerprint density at radius 3 is 2.56 bits per heavy atom. The van der Waals surface area contributed by atoms with E-state index in [1.165, 1.54) is 7.05 Å². The van der Waals surface area contributed by atoms with Crippen molar-refractivity contribution in [3.8, 4) is 0 Å². The van der Waals surface area contributed by atoms with Gasteiger partial charge in [0.1, 0.15) is 11.6 Å². The van der Waals surface area contributed by atoms with Gasteiger partial charge in [0.15, 0.2) is 6.04 Å². The first kappa shape index (κ1) is 18.5. The molecule has 2 aromatic rings. The summed E-state index contributed by atoms with van der Waals surface area (Å²) in [5.74, 6) is -2.82. The minimum atomic E-state index is -1.38. The van der Waals surface area contributed by atoms with E-state index in [9.17, 15) is 18.4 Å². The zero-order chi connectivity index (χ0) is 18.6. The lowest BCUT2D eigenvalue weighted by Crippen LogP contribution is -2.38. The number of hydrogen-bond acceptors (Lipinski definition) is 4. The Bertz CT molecular complexity index is 778. The fourth-order valence-corrected chi connectivity index (χ4v) is 2.38. The third-order valence-electron chi connectivity index (χ3n) is 3.79. The molecule has 1 heterocycles. The van der Waals surface area contributed by atoms with Gasteiger partial charge in [0, 0.05) is 24.5 Å². The van der Waals surface area contributed by atoms with Crippen LogP contribution in [0.25, 0.3) is 0 Å². The summed E-state index contributed by atoms with van der Waals surface area (Å²) < 4.78 is 32.2. The number of carbonyl (C=O) groups is 2. The number of rotatable bonds is 5. The Morgan fingerprint density at radius 2 is 1.96 bits per heavy atom. The third kappa shape index (κ3) is 4.37. The van der Waals surface area contributed by atoms with Gasteiger partial charge in [-0.1, -0.05) is 6.07 Å². The maximum atomic E-state index is 14.1. The first-order valence-electron chi connectivity index (χ1n) is 7.53. The van der Waals surface area contributed by atoms with Crippen molar-refractivity contribution < 1.29 is 23.1 Å². The molecule has 1 atom stereocenters. The third-order valence-corrected chi connectivity index (χ3v) is 3.79. The minimum absolute atomic E-state index is 0.0335. The van der Waals surface area contributed by atoms with Gasteiger partial charge in [0.25, 0.3) is 0 Å². The zero-order valence-electron chi connectivity index (χ0n) is 14.1. The molecule has 0 radical (unpaired) electrons. The molecule has 0 bridgehead atoms. The number of ether oxygens (including phenoxy) is 1. The van der Waals surface area contributed by atoms with E-state index in [2.05, 4.69) is 9.72 Å². The molecule has 2 rings (SSSR count). The van der Waals surface area contributed by atoms with Crippen molar-refractivity contribution in [2.24, 2.45) is 0 Å². The molecule has 1 unspecified atom stereocenters. The van der Waals surface area contributed by atoms with Gasteiger partial charge < -0.3 is 9.64 Å². The molecule has 5 nitrogen and oxygen atoms in total. The van der Waals surface area contributed by atoms with Crippen molar-refractivity contribution in [3.63, 3.8) is 0 Å². The number of aryl methyl sites for hydroxylation is 1. The normalized spacial score (nSPS) is 11.7. The lowest BCUT2D eigenvalue weighted by atomic mass is 10.0. The summed E-state index contributed by atoms with van der Waals surface area (Å²) in [6.07, 6.45) is 1.52. The van der Waals surface area contributed by atoms with Gasteiger partial charge >= 0.3 is 5.97 Å². The molecule has 0 N–H and O–H groups in total. The van der Waals surface area contributed by atoms with Crippen LogP contribution in [0.1, 0.15) is 22.9 Å². The molecule has 25 heavy (non-hydrogen) atoms. The van der Waals surface area contributed by atoms with E-state index in [4.69, 9.17) is 0 Å². The van der Waals surface area contributed by atoms with Crippen LogP contribution in [0.5, 0.6) is 0 Å². The maximum Gasteiger partial charge on any atom is 0.333 e. The molecule has 132 valence electrons. The van der Waals surface area contributed by atoms with Crippen LogP contribution in [0, 0.1) is 18.6 Å². The number of methoxy groups -OCH3 is 1. The number of pyridine rings is 1. The zero-order valence-corrected chi connectivity index (χ0v) is 14.1. The van der Waals surface area contributed by atoms with Crippen LogP contribution < -0.4 is 0 Å². The van der Waals surface area contributed by atoms with Crippen LogP contribution in [0.15, 0.2) is 36.5 Å². The smallest absolute Gasteiger partial charge is 0.333 e. The topological polar surface area (TPSA) is 59.5 Å². The van der Waals surface area contributed by atoms with Crippen LogP contribution in [0.4, 0.5) is 8.78 Å². The predicted octanol–water partition coefficient (Wildman–Crippen LogP) is 2.58. The highest BCUT2D eigenvalue weighted by molar-refractivity contribution is 5.86. The molecule has 1 amide bonds. The summed E-state index contributed by atoms with van der Waals surface area (Å²) in [4.78, 5) is 29.7. The number of benzene rings is 1. The van der Waals surface area contributed by atoms with Crippen molar-refractivity contribution in [1.82, 2.24) is 9.88 Å². The lowest BCUT2D eigenvalue weighted by molar-refractivity contribution is -0.152. The molecule has 0 saturated carbocycles. The summed E-state index contributed by atoms with van der Waals surface area (Å²) >= 11 is 0. The van der Waals surface area contributed by atoms with E-state index in [-0.39, 0.29) is 12.0 Å². The molecule has 0 aliphatic rings. The summed E-state index contributed by atoms with van der Waals surface area (Å²) in [5, 5.41) is 0. The Morgan fingerprint density at radius 1 is 1.24 bits per heavy atom. The van der Waals surface area contributed by atoms with Gasteiger partial charge in [-0.2, -0.15) is 0 Å². The Kier molecular flexibility index (Phi) is 5.80. The molecule has 0 aliphatic carbocycles. The number of nitrogens with zero attached hydrogens (tertiary/aromatic N) is 2. The Balaban J connectivity index is 2.30. The highest BCUT2D eigenvalue weighted by Crippen LogP contribution is 2.25. The Labute approximate surface area is 144 Å². The quantitative estimate of drug-likeness (QED) is 0.780. The van der Waals surface area contributed by atoms with Crippen molar-refractivity contribution >= 4 is 11.9 Å². The molecule has 0 aliphatic heterocycles. The van der Waals surface area contributed by atoms with E-state index in [1.807, 2.05) is 6.92 Å². The molecule has 0 spiro atoms. The molecule has 1 aromatic carbocycles. The lowest BCUT2D eigenvalue weighted by Gasteiger charge is -2.27. The second-order valence-electron chi connectivity index (χ2n) is 5.58. The van der Waals surface area contributed by atoms with E-state index in [0.29, 0.717) is 5.56 Å². The standard InChI is InChI=1S/C18H18F2N2O3/c1-11-4-5-12(10-21-11)8-16(23)22(2)17(18(24)25-3)14-9-13(19)6-7-15(14)20/h4-7,9-10,17H,8H2,1-3H3. The molecule has 0 saturated heterocycles. The minimum Gasteiger partial charge on any atom is -0.467 e. The predicted molar refractivity (Wildman–Crippen MR) is 86.6 cm³/mol. The molecule has 7 heteroatoms. The molecule has 0 fully saturated rings. The van der Waals surface area contributed by atoms with Gasteiger partial charge in [-0.05, 0) is 36.8 Å². The first-order valence-corrected chi connectivity index (χ1v) is 7.53. The summed E-state index contributed by atoms with van der Waals surface area (Å²) in [5.41, 5.74) is 1.19. The number of carbonyl (C=O) groups excluding carboxylic acids is 2. The maximum absolute atomic E-state index is 14.1. The van der Waals surface area contributed by atoms with Crippen molar-refractivity contribution in [1.29, 1.82) is 0 Å². The average molecular weight is 348 g/mol. The van der Waals surface area contributed by atoms with Crippen LogP contribution in [0.3, 0.4) is 0 Å². The van der Waals surface area contributed by atoms with Crippen molar-refractivity contribution in [2.75, 3.05) is 14.2 Å². The number of likely N-dealkylation sites (N-methyl/N-ethyl adjacent to an activating group) is 1. The Hall–Kier alpha value is -2.83. The van der Waals surface area contributed by atoms with Crippen LogP contribution >= 0.6 is 0 Å². The van der Waals surface area contributed by atoms with Gasteiger partial charge in [-0.15, -0.1) is 0 Å². The van der Waals surface area contributed by atoms with E-state index in [1.54, 1.807) is 18.3 Å². The van der Waals surface area contributed by atoms with E-state index >= 15 is 0 Å². The van der Waals surface area contributed by atoms with Crippen molar-refractivity contribution in [2.45, 2.75) is 19.4 Å². The van der Waals surface area contributed by atoms with Crippen LogP contribution in [-0.2, 0) is 20.7 Å². The van der Waals surface area contributed by atoms with Gasteiger partial charge in [0.05, 0.1) is 13.5 Å². The number of amides is 1. The summed E-state index contributed by atoms with van der Waals surface area (Å²) in [7, 11) is 2.46. The van der Waals surface area contributed by atoms with Crippen molar-refractivity contribution in [3.05, 3.63) is 65.0 Å². The largest absolute Gasteiger partial charge is 0.467 e. The number of esters is 1. The summed E-state index contributed by atoms with van der Waals surface area (Å²) in [6, 6.07) is 4.84. The van der Waals surface area contributed by atoms with Crippen LogP contribution in [-0.4, -0.2) is 35.9 Å². The monoisotopic (exact) mass is 348 g/mol. The number of hydrogen-bond donors (Lipinski definition) is 0. The fourth-order valence-electron chi connectivity index (χ4n) is 2.38. The highest BCUT2D eigenvalue weighted by atomic mass is 19.1. The number of halogens is 2. The second kappa shape index (κ2) is 7.83. The second-order valence-corrected chi connectivity index (χ2v) is 5.58. The number of aromatic nitrogens is 1. The van der Waals surface area contributed by atoms with Gasteiger partial charge in [0.2, 0.25) is 5.91 Å². The molecular weight excluding hydrogens is 330 g/mol. The first-order chi connectivity index (χ1) is 11.8. The van der Waals surface area contributed by atoms with Crippen LogP contribution in [0.2, 0.25) is 0 Å². The molecule has 1 aromatic heterocycles. The van der Waals surface area contributed by atoms with E-state index in [0.717, 1.165) is 35.9 Å².